The summed E-state index contributed by atoms with van der Waals surface area (Å²) < 4.78 is 7.30. The lowest BCUT2D eigenvalue weighted by Gasteiger charge is -2.29. The highest BCUT2D eigenvalue weighted by Gasteiger charge is 2.49. The summed E-state index contributed by atoms with van der Waals surface area (Å²) in [5.41, 5.74) is 3.40. The first kappa shape index (κ1) is 20.7. The molecule has 4 aromatic rings. The predicted molar refractivity (Wildman–Crippen MR) is 127 cm³/mol. The Kier molecular flexibility index (Phi) is 5.05. The molecule has 0 N–H and O–H groups in total. The lowest BCUT2D eigenvalue weighted by molar-refractivity contribution is 0.0685. The van der Waals surface area contributed by atoms with E-state index in [1.807, 2.05) is 80.6 Å². The predicted octanol–water partition coefficient (Wildman–Crippen LogP) is 5.38. The third kappa shape index (κ3) is 3.80. The van der Waals surface area contributed by atoms with E-state index in [0.29, 0.717) is 11.4 Å². The summed E-state index contributed by atoms with van der Waals surface area (Å²) in [6.07, 6.45) is 4.88. The standard InChI is InChI=1S/C27H23N3O3/c1-27(2)25(19-7-4-3-5-8-19)30(26(32)33-27)23-13-11-22(12-14-23)29-18-21(10-15-24(29)31)20-9-6-16-28-17-20/h3-18,25H,1-2H3/t25-/m0/s1. The summed E-state index contributed by atoms with van der Waals surface area (Å²) in [7, 11) is 0. The minimum atomic E-state index is -0.688. The number of hydrogen-bond acceptors (Lipinski definition) is 4. The Balaban J connectivity index is 1.51. The number of cyclic esters (lactones) is 1. The van der Waals surface area contributed by atoms with Gasteiger partial charge in [-0.25, -0.2) is 4.79 Å². The lowest BCUT2D eigenvalue weighted by Crippen LogP contribution is -2.33. The van der Waals surface area contributed by atoms with Gasteiger partial charge in [0.1, 0.15) is 11.6 Å². The summed E-state index contributed by atoms with van der Waals surface area (Å²) in [6.45, 7) is 3.83. The SMILES string of the molecule is CC1(C)OC(=O)N(c2ccc(-n3cc(-c4cccnc4)ccc3=O)cc2)[C@H]1c1ccccc1. The van der Waals surface area contributed by atoms with Crippen molar-refractivity contribution in [3.8, 4) is 16.8 Å². The molecule has 0 radical (unpaired) electrons. The van der Waals surface area contributed by atoms with E-state index in [4.69, 9.17) is 4.74 Å². The summed E-state index contributed by atoms with van der Waals surface area (Å²) in [6, 6.07) is 24.1. The van der Waals surface area contributed by atoms with Gasteiger partial charge in [-0.1, -0.05) is 36.4 Å². The Hall–Kier alpha value is -4.19. The van der Waals surface area contributed by atoms with Crippen LogP contribution in [-0.4, -0.2) is 21.2 Å². The maximum Gasteiger partial charge on any atom is 0.415 e. The number of ether oxygens (including phenoxy) is 1. The van der Waals surface area contributed by atoms with Crippen molar-refractivity contribution in [2.45, 2.75) is 25.5 Å². The van der Waals surface area contributed by atoms with Gasteiger partial charge in [-0.2, -0.15) is 0 Å². The van der Waals surface area contributed by atoms with Gasteiger partial charge in [0.25, 0.3) is 5.56 Å². The molecule has 0 saturated carbocycles. The van der Waals surface area contributed by atoms with Gasteiger partial charge in [0.05, 0.1) is 0 Å². The molecule has 1 amide bonds. The fourth-order valence-electron chi connectivity index (χ4n) is 4.35. The summed E-state index contributed by atoms with van der Waals surface area (Å²) in [5.74, 6) is 0. The van der Waals surface area contributed by atoms with Gasteiger partial charge in [0.15, 0.2) is 0 Å². The van der Waals surface area contributed by atoms with E-state index in [0.717, 1.165) is 16.7 Å². The summed E-state index contributed by atoms with van der Waals surface area (Å²) >= 11 is 0. The normalized spacial score (nSPS) is 17.1. The molecule has 2 aromatic heterocycles. The first-order valence-corrected chi connectivity index (χ1v) is 10.7. The highest BCUT2D eigenvalue weighted by molar-refractivity contribution is 5.91. The van der Waals surface area contributed by atoms with Crippen molar-refractivity contribution < 1.29 is 9.53 Å². The Labute approximate surface area is 191 Å². The van der Waals surface area contributed by atoms with Gasteiger partial charge in [-0.05, 0) is 55.8 Å². The number of pyridine rings is 2. The Bertz CT molecular complexity index is 1350. The molecule has 6 heteroatoms. The van der Waals surface area contributed by atoms with Crippen LogP contribution in [0.2, 0.25) is 0 Å². The van der Waals surface area contributed by atoms with E-state index in [-0.39, 0.29) is 11.6 Å². The third-order valence-corrected chi connectivity index (χ3v) is 5.89. The van der Waals surface area contributed by atoms with Crippen LogP contribution in [0.4, 0.5) is 10.5 Å². The topological polar surface area (TPSA) is 64.4 Å². The Morgan fingerprint density at radius 1 is 0.818 bits per heavy atom. The minimum absolute atomic E-state index is 0.140. The second-order valence-electron chi connectivity index (χ2n) is 8.54. The Morgan fingerprint density at radius 3 is 2.24 bits per heavy atom. The molecule has 2 aromatic carbocycles. The molecule has 1 aliphatic heterocycles. The van der Waals surface area contributed by atoms with Crippen LogP contribution in [0.25, 0.3) is 16.8 Å². The first-order valence-electron chi connectivity index (χ1n) is 10.7. The van der Waals surface area contributed by atoms with E-state index in [2.05, 4.69) is 4.98 Å². The molecule has 1 atom stereocenters. The van der Waals surface area contributed by atoms with Gasteiger partial charge in [0, 0.05) is 47.2 Å². The summed E-state index contributed by atoms with van der Waals surface area (Å²) in [4.78, 5) is 31.2. The van der Waals surface area contributed by atoms with E-state index >= 15 is 0 Å². The highest BCUT2D eigenvalue weighted by atomic mass is 16.6. The number of nitrogens with zero attached hydrogens (tertiary/aromatic N) is 3. The van der Waals surface area contributed by atoms with Crippen LogP contribution in [0.3, 0.4) is 0 Å². The Morgan fingerprint density at radius 2 is 1.55 bits per heavy atom. The van der Waals surface area contributed by atoms with Crippen molar-refractivity contribution in [1.82, 2.24) is 9.55 Å². The van der Waals surface area contributed by atoms with Crippen molar-refractivity contribution >= 4 is 11.8 Å². The van der Waals surface area contributed by atoms with Crippen LogP contribution in [0, 0.1) is 0 Å². The van der Waals surface area contributed by atoms with Crippen molar-refractivity contribution in [2.75, 3.05) is 4.90 Å². The number of hydrogen-bond donors (Lipinski definition) is 0. The molecule has 1 aliphatic rings. The molecule has 6 nitrogen and oxygen atoms in total. The number of anilines is 1. The van der Waals surface area contributed by atoms with Crippen LogP contribution in [0.15, 0.2) is 102 Å². The van der Waals surface area contributed by atoms with Crippen molar-refractivity contribution in [2.24, 2.45) is 0 Å². The van der Waals surface area contributed by atoms with Gasteiger partial charge < -0.3 is 4.74 Å². The zero-order valence-electron chi connectivity index (χ0n) is 18.4. The molecular formula is C27H23N3O3. The number of benzene rings is 2. The van der Waals surface area contributed by atoms with E-state index in [1.54, 1.807) is 40.2 Å². The molecule has 0 unspecified atom stereocenters. The zero-order valence-corrected chi connectivity index (χ0v) is 18.4. The van der Waals surface area contributed by atoms with Gasteiger partial charge >= 0.3 is 6.09 Å². The third-order valence-electron chi connectivity index (χ3n) is 5.89. The molecule has 0 bridgehead atoms. The van der Waals surface area contributed by atoms with Crippen LogP contribution >= 0.6 is 0 Å². The number of aromatic nitrogens is 2. The smallest absolute Gasteiger partial charge is 0.415 e. The van der Waals surface area contributed by atoms with Crippen LogP contribution in [0.1, 0.15) is 25.5 Å². The molecular weight excluding hydrogens is 414 g/mol. The maximum absolute atomic E-state index is 12.8. The fraction of sp³-hybridized carbons (Fsp3) is 0.148. The van der Waals surface area contributed by atoms with Crippen LogP contribution < -0.4 is 10.5 Å². The number of rotatable bonds is 4. The van der Waals surface area contributed by atoms with Crippen LogP contribution in [0.5, 0.6) is 0 Å². The van der Waals surface area contributed by atoms with E-state index in [1.165, 1.54) is 0 Å². The summed E-state index contributed by atoms with van der Waals surface area (Å²) in [5, 5.41) is 0. The average Bonchev–Trinajstić information content (AvgIpc) is 3.08. The maximum atomic E-state index is 12.8. The van der Waals surface area contributed by atoms with Gasteiger partial charge in [-0.15, -0.1) is 0 Å². The molecule has 5 rings (SSSR count). The second-order valence-corrected chi connectivity index (χ2v) is 8.54. The van der Waals surface area contributed by atoms with Gasteiger partial charge in [-0.3, -0.25) is 19.2 Å². The molecule has 164 valence electrons. The largest absolute Gasteiger partial charge is 0.441 e. The van der Waals surface area contributed by atoms with Gasteiger partial charge in [0.2, 0.25) is 0 Å². The highest BCUT2D eigenvalue weighted by Crippen LogP contribution is 2.43. The van der Waals surface area contributed by atoms with Crippen molar-refractivity contribution in [3.05, 3.63) is 113 Å². The van der Waals surface area contributed by atoms with E-state index in [9.17, 15) is 9.59 Å². The lowest BCUT2D eigenvalue weighted by atomic mass is 9.91. The zero-order chi connectivity index (χ0) is 23.0. The quantitative estimate of drug-likeness (QED) is 0.430. The van der Waals surface area contributed by atoms with Crippen LogP contribution in [-0.2, 0) is 4.74 Å². The molecule has 3 heterocycles. The molecule has 1 fully saturated rings. The second kappa shape index (κ2) is 8.06. The number of carbonyl (C=O) groups excluding carboxylic acids is 1. The number of amides is 1. The molecule has 1 saturated heterocycles. The monoisotopic (exact) mass is 437 g/mol. The van der Waals surface area contributed by atoms with Crippen molar-refractivity contribution in [3.63, 3.8) is 0 Å². The fourth-order valence-corrected chi connectivity index (χ4v) is 4.35. The van der Waals surface area contributed by atoms with E-state index < -0.39 is 11.7 Å². The number of carbonyl (C=O) groups is 1. The molecule has 0 spiro atoms. The average molecular weight is 437 g/mol. The molecule has 33 heavy (non-hydrogen) atoms. The minimum Gasteiger partial charge on any atom is -0.441 e. The molecule has 0 aliphatic carbocycles. The van der Waals surface area contributed by atoms with Crippen molar-refractivity contribution in [1.29, 1.82) is 0 Å². The first-order chi connectivity index (χ1) is 15.9.